The highest BCUT2D eigenvalue weighted by atomic mass is 79.9. The number of aromatic amines is 1. The minimum atomic E-state index is -0.772. The first kappa shape index (κ1) is 18.5. The fraction of sp³-hybridized carbons (Fsp3) is 0.294. The summed E-state index contributed by atoms with van der Waals surface area (Å²) in [6.45, 7) is 5.05. The number of esters is 1. The summed E-state index contributed by atoms with van der Waals surface area (Å²) in [6, 6.07) is 5.15. The van der Waals surface area contributed by atoms with Gasteiger partial charge in [0, 0.05) is 10.2 Å². The molecule has 0 aliphatic heterocycles. The first-order valence-corrected chi connectivity index (χ1v) is 8.36. The van der Waals surface area contributed by atoms with Crippen LogP contribution >= 0.6 is 27.5 Å². The van der Waals surface area contributed by atoms with Crippen molar-refractivity contribution in [2.24, 2.45) is 0 Å². The number of methoxy groups -OCH3 is 1. The monoisotopic (exact) mass is 413 g/mol. The zero-order chi connectivity index (χ0) is 18.0. The highest BCUT2D eigenvalue weighted by Gasteiger charge is 2.26. The van der Waals surface area contributed by atoms with Crippen LogP contribution in [-0.4, -0.2) is 30.0 Å². The number of nitrogens with one attached hydrogen (secondary N) is 1. The van der Waals surface area contributed by atoms with E-state index in [0.717, 1.165) is 4.47 Å². The van der Waals surface area contributed by atoms with Gasteiger partial charge >= 0.3 is 5.97 Å². The van der Waals surface area contributed by atoms with Crippen molar-refractivity contribution in [2.75, 3.05) is 7.11 Å². The van der Waals surface area contributed by atoms with Crippen LogP contribution < -0.4 is 4.74 Å². The standard InChI is InChI=1S/C17H17BrClNO4/c1-8-14(17(22)23-4)9(2)20-15(8)16(21)10(3)24-13-6-5-11(18)7-12(13)19/h5-7,10,20H,1-4H3/t10-/m0/s1. The number of hydrogen-bond acceptors (Lipinski definition) is 4. The van der Waals surface area contributed by atoms with Gasteiger partial charge in [0.1, 0.15) is 5.75 Å². The van der Waals surface area contributed by atoms with Crippen LogP contribution in [0.4, 0.5) is 0 Å². The fourth-order valence-corrected chi connectivity index (χ4v) is 3.14. The summed E-state index contributed by atoms with van der Waals surface area (Å²) in [6.07, 6.45) is -0.772. The molecule has 0 spiro atoms. The second-order valence-corrected chi connectivity index (χ2v) is 6.64. The van der Waals surface area contributed by atoms with E-state index in [1.54, 1.807) is 39.0 Å². The van der Waals surface area contributed by atoms with Gasteiger partial charge in [0.25, 0.3) is 0 Å². The minimum Gasteiger partial charge on any atom is -0.481 e. The van der Waals surface area contributed by atoms with Crippen LogP contribution in [0, 0.1) is 13.8 Å². The normalized spacial score (nSPS) is 11.9. The van der Waals surface area contributed by atoms with Crippen LogP contribution in [0.2, 0.25) is 5.02 Å². The molecule has 2 rings (SSSR count). The first-order valence-electron chi connectivity index (χ1n) is 7.19. The molecule has 0 saturated carbocycles. The maximum atomic E-state index is 12.7. The Morgan fingerprint density at radius 3 is 2.54 bits per heavy atom. The minimum absolute atomic E-state index is 0.273. The van der Waals surface area contributed by atoms with Crippen molar-refractivity contribution in [3.8, 4) is 5.75 Å². The molecule has 1 atom stereocenters. The summed E-state index contributed by atoms with van der Waals surface area (Å²) in [5.74, 6) is -0.343. The number of H-pyrrole nitrogens is 1. The van der Waals surface area contributed by atoms with Gasteiger partial charge in [-0.2, -0.15) is 0 Å². The van der Waals surface area contributed by atoms with Gasteiger partial charge in [0.05, 0.1) is 23.4 Å². The number of aromatic nitrogens is 1. The van der Waals surface area contributed by atoms with Gasteiger partial charge in [0.15, 0.2) is 6.10 Å². The average Bonchev–Trinajstić information content (AvgIpc) is 2.83. The Morgan fingerprint density at radius 2 is 1.96 bits per heavy atom. The van der Waals surface area contributed by atoms with E-state index >= 15 is 0 Å². The molecular weight excluding hydrogens is 398 g/mol. The van der Waals surface area contributed by atoms with Gasteiger partial charge in [0.2, 0.25) is 5.78 Å². The largest absolute Gasteiger partial charge is 0.481 e. The van der Waals surface area contributed by atoms with Crippen molar-refractivity contribution in [3.05, 3.63) is 50.2 Å². The van der Waals surface area contributed by atoms with Crippen LogP contribution in [0.5, 0.6) is 5.75 Å². The van der Waals surface area contributed by atoms with E-state index in [1.165, 1.54) is 7.11 Å². The van der Waals surface area contributed by atoms with Gasteiger partial charge in [-0.3, -0.25) is 4.79 Å². The average molecular weight is 415 g/mol. The smallest absolute Gasteiger partial charge is 0.339 e. The molecule has 1 N–H and O–H groups in total. The van der Waals surface area contributed by atoms with Crippen LogP contribution in [0.25, 0.3) is 0 Å². The van der Waals surface area contributed by atoms with E-state index in [4.69, 9.17) is 21.1 Å². The number of carbonyl (C=O) groups excluding carboxylic acids is 2. The zero-order valence-electron chi connectivity index (χ0n) is 13.7. The molecule has 7 heteroatoms. The molecule has 0 fully saturated rings. The first-order chi connectivity index (χ1) is 11.3. The molecule has 5 nitrogen and oxygen atoms in total. The number of Topliss-reactive ketones (excluding diaryl/α,β-unsaturated/α-hetero) is 1. The number of aryl methyl sites for hydroxylation is 1. The Hall–Kier alpha value is -1.79. The van der Waals surface area contributed by atoms with E-state index in [2.05, 4.69) is 20.9 Å². The molecule has 0 bridgehead atoms. The molecule has 128 valence electrons. The summed E-state index contributed by atoms with van der Waals surface area (Å²) in [7, 11) is 1.30. The van der Waals surface area contributed by atoms with Gasteiger partial charge in [-0.25, -0.2) is 4.79 Å². The molecule has 0 unspecified atom stereocenters. The van der Waals surface area contributed by atoms with Crippen molar-refractivity contribution in [1.82, 2.24) is 4.98 Å². The Kier molecular flexibility index (Phi) is 5.72. The molecule has 0 amide bonds. The lowest BCUT2D eigenvalue weighted by atomic mass is 10.1. The number of ether oxygens (including phenoxy) is 2. The summed E-state index contributed by atoms with van der Waals surface area (Å²) >= 11 is 9.42. The third-order valence-electron chi connectivity index (χ3n) is 3.64. The lowest BCUT2D eigenvalue weighted by Crippen LogP contribution is -2.25. The third-order valence-corrected chi connectivity index (χ3v) is 4.43. The van der Waals surface area contributed by atoms with E-state index in [1.807, 2.05) is 0 Å². The van der Waals surface area contributed by atoms with E-state index in [0.29, 0.717) is 33.3 Å². The molecule has 1 aromatic carbocycles. The number of carbonyl (C=O) groups is 2. The number of rotatable bonds is 5. The topological polar surface area (TPSA) is 68.4 Å². The Bertz CT molecular complexity index is 800. The SMILES string of the molecule is COC(=O)c1c(C)[nH]c(C(=O)[C@H](C)Oc2ccc(Br)cc2Cl)c1C. The van der Waals surface area contributed by atoms with Gasteiger partial charge in [-0.1, -0.05) is 27.5 Å². The van der Waals surface area contributed by atoms with Crippen molar-refractivity contribution < 1.29 is 19.1 Å². The Labute approximate surface area is 153 Å². The zero-order valence-corrected chi connectivity index (χ0v) is 16.0. The summed E-state index contributed by atoms with van der Waals surface area (Å²) < 4.78 is 11.2. The highest BCUT2D eigenvalue weighted by molar-refractivity contribution is 9.10. The van der Waals surface area contributed by atoms with Crippen molar-refractivity contribution in [2.45, 2.75) is 26.9 Å². The summed E-state index contributed by atoms with van der Waals surface area (Å²) in [5, 5.41) is 0.402. The van der Waals surface area contributed by atoms with Gasteiger partial charge in [-0.05, 0) is 44.5 Å². The molecule has 1 aromatic heterocycles. The lowest BCUT2D eigenvalue weighted by molar-refractivity contribution is 0.0599. The maximum Gasteiger partial charge on any atom is 0.339 e. The van der Waals surface area contributed by atoms with Crippen LogP contribution in [-0.2, 0) is 4.74 Å². The van der Waals surface area contributed by atoms with E-state index in [-0.39, 0.29) is 5.78 Å². The van der Waals surface area contributed by atoms with E-state index in [9.17, 15) is 9.59 Å². The molecule has 24 heavy (non-hydrogen) atoms. The van der Waals surface area contributed by atoms with Gasteiger partial charge < -0.3 is 14.5 Å². The predicted molar refractivity (Wildman–Crippen MR) is 95.2 cm³/mol. The van der Waals surface area contributed by atoms with Crippen molar-refractivity contribution in [1.29, 1.82) is 0 Å². The van der Waals surface area contributed by atoms with Crippen molar-refractivity contribution in [3.63, 3.8) is 0 Å². The lowest BCUT2D eigenvalue weighted by Gasteiger charge is -2.15. The second kappa shape index (κ2) is 7.40. The highest BCUT2D eigenvalue weighted by Crippen LogP contribution is 2.29. The molecule has 0 radical (unpaired) electrons. The number of benzene rings is 1. The molecule has 0 aliphatic rings. The molecule has 0 aliphatic carbocycles. The third kappa shape index (κ3) is 3.65. The van der Waals surface area contributed by atoms with Crippen LogP contribution in [0.3, 0.4) is 0 Å². The second-order valence-electron chi connectivity index (χ2n) is 5.32. The molecule has 2 aromatic rings. The predicted octanol–water partition coefficient (Wildman–Crippen LogP) is 4.48. The molecular formula is C17H17BrClNO4. The number of hydrogen-bond donors (Lipinski definition) is 1. The van der Waals surface area contributed by atoms with Gasteiger partial charge in [-0.15, -0.1) is 0 Å². The maximum absolute atomic E-state index is 12.7. The summed E-state index contributed by atoms with van der Waals surface area (Å²) in [5.41, 5.74) is 1.82. The molecule has 1 heterocycles. The van der Waals surface area contributed by atoms with Crippen LogP contribution in [0.1, 0.15) is 39.0 Å². The fourth-order valence-electron chi connectivity index (χ4n) is 2.42. The van der Waals surface area contributed by atoms with E-state index < -0.39 is 12.1 Å². The summed E-state index contributed by atoms with van der Waals surface area (Å²) in [4.78, 5) is 27.4. The van der Waals surface area contributed by atoms with Crippen LogP contribution in [0.15, 0.2) is 22.7 Å². The Morgan fingerprint density at radius 1 is 1.29 bits per heavy atom. The molecule has 0 saturated heterocycles. The Balaban J connectivity index is 2.27. The quantitative estimate of drug-likeness (QED) is 0.578. The number of ketones is 1. The van der Waals surface area contributed by atoms with Crippen molar-refractivity contribution >= 4 is 39.3 Å². The number of halogens is 2.